The Balaban J connectivity index is 1.92. The van der Waals surface area contributed by atoms with E-state index in [0.717, 1.165) is 24.1 Å². The minimum absolute atomic E-state index is 0.301. The maximum absolute atomic E-state index is 6.18. The summed E-state index contributed by atoms with van der Waals surface area (Å²) < 4.78 is 0. The topological polar surface area (TPSA) is 24.9 Å². The van der Waals surface area contributed by atoms with Gasteiger partial charge in [-0.3, -0.25) is 0 Å². The van der Waals surface area contributed by atoms with Gasteiger partial charge in [-0.25, -0.2) is 4.98 Å². The van der Waals surface area contributed by atoms with Gasteiger partial charge in [0.1, 0.15) is 5.15 Å². The molecule has 0 spiro atoms. The minimum atomic E-state index is 0.301. The lowest BCUT2D eigenvalue weighted by molar-refractivity contribution is 0.760. The SMILES string of the molecule is Cc1cc(Cl)nc(Cl)c1NC1CCc2ccccc21. The smallest absolute Gasteiger partial charge is 0.154 e. The predicted molar refractivity (Wildman–Crippen MR) is 80.1 cm³/mol. The lowest BCUT2D eigenvalue weighted by Crippen LogP contribution is -2.09. The van der Waals surface area contributed by atoms with Crippen LogP contribution in [0.5, 0.6) is 0 Å². The number of aromatic nitrogens is 1. The van der Waals surface area contributed by atoms with Gasteiger partial charge in [-0.2, -0.15) is 0 Å². The number of pyridine rings is 1. The molecule has 1 aromatic heterocycles. The molecule has 0 bridgehead atoms. The van der Waals surface area contributed by atoms with Crippen molar-refractivity contribution in [2.24, 2.45) is 0 Å². The van der Waals surface area contributed by atoms with Gasteiger partial charge >= 0.3 is 0 Å². The van der Waals surface area contributed by atoms with Crippen molar-refractivity contribution in [3.05, 3.63) is 57.3 Å². The van der Waals surface area contributed by atoms with E-state index in [4.69, 9.17) is 23.2 Å². The van der Waals surface area contributed by atoms with Crippen LogP contribution in [0.1, 0.15) is 29.2 Å². The summed E-state index contributed by atoms with van der Waals surface area (Å²) in [6.07, 6.45) is 2.18. The van der Waals surface area contributed by atoms with Gasteiger partial charge in [0.15, 0.2) is 5.15 Å². The first kappa shape index (κ1) is 12.8. The Morgan fingerprint density at radius 3 is 2.84 bits per heavy atom. The predicted octanol–water partition coefficient (Wildman–Crippen LogP) is 4.80. The van der Waals surface area contributed by atoms with Crippen LogP contribution in [0.25, 0.3) is 0 Å². The Morgan fingerprint density at radius 1 is 1.26 bits per heavy atom. The van der Waals surface area contributed by atoms with Gasteiger partial charge < -0.3 is 5.32 Å². The number of fused-ring (bicyclic) bond motifs is 1. The normalized spacial score (nSPS) is 17.3. The molecule has 1 heterocycles. The summed E-state index contributed by atoms with van der Waals surface area (Å²) in [6, 6.07) is 10.7. The van der Waals surface area contributed by atoms with Gasteiger partial charge in [-0.15, -0.1) is 0 Å². The highest BCUT2D eigenvalue weighted by Gasteiger charge is 2.23. The fourth-order valence-corrected chi connectivity index (χ4v) is 3.24. The van der Waals surface area contributed by atoms with Crippen LogP contribution in [-0.4, -0.2) is 4.98 Å². The number of aryl methyl sites for hydroxylation is 2. The summed E-state index contributed by atoms with van der Waals surface area (Å²) in [5, 5.41) is 4.38. The van der Waals surface area contributed by atoms with Crippen LogP contribution in [0.4, 0.5) is 5.69 Å². The van der Waals surface area contributed by atoms with Crippen molar-refractivity contribution in [3.8, 4) is 0 Å². The van der Waals surface area contributed by atoms with E-state index in [-0.39, 0.29) is 0 Å². The lowest BCUT2D eigenvalue weighted by atomic mass is 10.1. The van der Waals surface area contributed by atoms with Crippen molar-refractivity contribution in [1.82, 2.24) is 4.98 Å². The summed E-state index contributed by atoms with van der Waals surface area (Å²) in [6.45, 7) is 1.99. The first-order chi connectivity index (χ1) is 9.15. The zero-order valence-electron chi connectivity index (χ0n) is 10.6. The van der Waals surface area contributed by atoms with E-state index in [1.54, 1.807) is 0 Å². The van der Waals surface area contributed by atoms with Crippen molar-refractivity contribution >= 4 is 28.9 Å². The van der Waals surface area contributed by atoms with Crippen LogP contribution < -0.4 is 5.32 Å². The average Bonchev–Trinajstić information content (AvgIpc) is 2.77. The van der Waals surface area contributed by atoms with Gasteiger partial charge in [0.05, 0.1) is 11.7 Å². The van der Waals surface area contributed by atoms with Crippen molar-refractivity contribution in [2.45, 2.75) is 25.8 Å². The molecule has 98 valence electrons. The van der Waals surface area contributed by atoms with E-state index in [2.05, 4.69) is 34.6 Å². The second-order valence-corrected chi connectivity index (χ2v) is 5.61. The molecular weight excluding hydrogens is 279 g/mol. The lowest BCUT2D eigenvalue weighted by Gasteiger charge is -2.18. The molecule has 0 radical (unpaired) electrons. The van der Waals surface area contributed by atoms with Crippen LogP contribution >= 0.6 is 23.2 Å². The molecule has 2 nitrogen and oxygen atoms in total. The molecule has 19 heavy (non-hydrogen) atoms. The second-order valence-electron chi connectivity index (χ2n) is 4.86. The molecule has 1 N–H and O–H groups in total. The zero-order chi connectivity index (χ0) is 13.4. The van der Waals surface area contributed by atoms with E-state index in [9.17, 15) is 0 Å². The summed E-state index contributed by atoms with van der Waals surface area (Å²) in [4.78, 5) is 4.10. The first-order valence-corrected chi connectivity index (χ1v) is 7.07. The van der Waals surface area contributed by atoms with Crippen molar-refractivity contribution in [3.63, 3.8) is 0 Å². The number of rotatable bonds is 2. The second kappa shape index (κ2) is 5.03. The summed E-state index contributed by atoms with van der Waals surface area (Å²) in [5.74, 6) is 0. The van der Waals surface area contributed by atoms with Gasteiger partial charge in [0.25, 0.3) is 0 Å². The summed E-state index contributed by atoms with van der Waals surface area (Å²) in [7, 11) is 0. The largest absolute Gasteiger partial charge is 0.376 e. The molecule has 1 atom stereocenters. The Kier molecular flexibility index (Phi) is 3.38. The standard InChI is InChI=1S/C15H14Cl2N2/c1-9-8-13(16)19-15(17)14(9)18-12-7-6-10-4-2-3-5-11(10)12/h2-5,8,12,18H,6-7H2,1H3. The molecule has 0 fully saturated rings. The molecule has 2 aromatic rings. The zero-order valence-corrected chi connectivity index (χ0v) is 12.1. The minimum Gasteiger partial charge on any atom is -0.376 e. The molecule has 0 aliphatic heterocycles. The third kappa shape index (κ3) is 2.43. The maximum atomic E-state index is 6.18. The highest BCUT2D eigenvalue weighted by Crippen LogP contribution is 2.36. The van der Waals surface area contributed by atoms with Crippen LogP contribution in [0.2, 0.25) is 10.3 Å². The summed E-state index contributed by atoms with van der Waals surface area (Å²) in [5.41, 5.74) is 4.67. The first-order valence-electron chi connectivity index (χ1n) is 6.32. The molecule has 0 amide bonds. The molecule has 0 saturated carbocycles. The third-order valence-corrected chi connectivity index (χ3v) is 4.06. The van der Waals surface area contributed by atoms with Crippen molar-refractivity contribution in [2.75, 3.05) is 5.32 Å². The van der Waals surface area contributed by atoms with Crippen LogP contribution in [-0.2, 0) is 6.42 Å². The maximum Gasteiger partial charge on any atom is 0.154 e. The fraction of sp³-hybridized carbons (Fsp3) is 0.267. The van der Waals surface area contributed by atoms with Crippen molar-refractivity contribution in [1.29, 1.82) is 0 Å². The molecule has 1 aromatic carbocycles. The van der Waals surface area contributed by atoms with Crippen LogP contribution in [0, 0.1) is 6.92 Å². The molecule has 0 saturated heterocycles. The number of halogens is 2. The van der Waals surface area contributed by atoms with E-state index in [1.165, 1.54) is 11.1 Å². The average molecular weight is 293 g/mol. The Hall–Kier alpha value is -1.25. The van der Waals surface area contributed by atoms with Gasteiger partial charge in [-0.05, 0) is 42.5 Å². The van der Waals surface area contributed by atoms with Crippen LogP contribution in [0.3, 0.4) is 0 Å². The highest BCUT2D eigenvalue weighted by atomic mass is 35.5. The van der Waals surface area contributed by atoms with E-state index >= 15 is 0 Å². The number of nitrogens with zero attached hydrogens (tertiary/aromatic N) is 1. The van der Waals surface area contributed by atoms with Gasteiger partial charge in [0, 0.05) is 0 Å². The van der Waals surface area contributed by atoms with Crippen LogP contribution in [0.15, 0.2) is 30.3 Å². The Morgan fingerprint density at radius 2 is 2.05 bits per heavy atom. The number of nitrogens with one attached hydrogen (secondary N) is 1. The number of benzene rings is 1. The number of hydrogen-bond acceptors (Lipinski definition) is 2. The molecule has 1 aliphatic rings. The van der Waals surface area contributed by atoms with Crippen molar-refractivity contribution < 1.29 is 0 Å². The summed E-state index contributed by atoms with van der Waals surface area (Å²) >= 11 is 12.1. The molecule has 3 rings (SSSR count). The molecule has 4 heteroatoms. The number of hydrogen-bond donors (Lipinski definition) is 1. The highest BCUT2D eigenvalue weighted by molar-refractivity contribution is 6.34. The monoisotopic (exact) mass is 292 g/mol. The Bertz CT molecular complexity index is 602. The van der Waals surface area contributed by atoms with E-state index in [0.29, 0.717) is 16.3 Å². The molecule has 1 aliphatic carbocycles. The molecular formula is C15H14Cl2N2. The third-order valence-electron chi connectivity index (χ3n) is 3.59. The van der Waals surface area contributed by atoms with E-state index in [1.807, 2.05) is 13.0 Å². The van der Waals surface area contributed by atoms with Gasteiger partial charge in [0.2, 0.25) is 0 Å². The number of anilines is 1. The Labute approximate surface area is 122 Å². The van der Waals surface area contributed by atoms with Gasteiger partial charge in [-0.1, -0.05) is 47.5 Å². The quantitative estimate of drug-likeness (QED) is 0.805. The fourth-order valence-electron chi connectivity index (χ4n) is 2.65. The molecule has 1 unspecified atom stereocenters. The van der Waals surface area contributed by atoms with E-state index < -0.39 is 0 Å².